The van der Waals surface area contributed by atoms with Crippen LogP contribution in [0.3, 0.4) is 0 Å². The molecule has 1 saturated heterocycles. The Morgan fingerprint density at radius 2 is 1.84 bits per heavy atom. The molecule has 0 aliphatic carbocycles. The smallest absolute Gasteiger partial charge is 0.294 e. The Kier molecular flexibility index (Phi) is 9.19. The van der Waals surface area contributed by atoms with Crippen LogP contribution >= 0.6 is 55.2 Å². The summed E-state index contributed by atoms with van der Waals surface area (Å²) in [4.78, 5) is 39.2. The zero-order valence-corrected chi connectivity index (χ0v) is 25.0. The largest absolute Gasteiger partial charge is 0.493 e. The van der Waals surface area contributed by atoms with Crippen LogP contribution in [0, 0.1) is 6.92 Å². The topological polar surface area (TPSA) is 84.9 Å². The predicted octanol–water partition coefficient (Wildman–Crippen LogP) is 7.44. The molecule has 1 N–H and O–H groups in total. The van der Waals surface area contributed by atoms with Gasteiger partial charge in [0.2, 0.25) is 5.91 Å². The molecule has 3 amide bonds. The molecule has 38 heavy (non-hydrogen) atoms. The molecular weight excluding hydrogens is 660 g/mol. The van der Waals surface area contributed by atoms with Gasteiger partial charge in [-0.15, -0.1) is 0 Å². The van der Waals surface area contributed by atoms with Crippen LogP contribution in [-0.2, 0) is 16.2 Å². The first-order valence-electron chi connectivity index (χ1n) is 11.2. The molecule has 3 aromatic carbocycles. The molecule has 0 aromatic heterocycles. The summed E-state index contributed by atoms with van der Waals surface area (Å²) in [5.74, 6) is -0.0916. The Morgan fingerprint density at radius 1 is 1.11 bits per heavy atom. The number of nitrogens with zero attached hydrogens (tertiary/aromatic N) is 1. The Morgan fingerprint density at radius 3 is 2.55 bits per heavy atom. The fourth-order valence-corrected chi connectivity index (χ4v) is 5.40. The summed E-state index contributed by atoms with van der Waals surface area (Å²) in [6.07, 6.45) is 1.58. The molecule has 0 spiro atoms. The van der Waals surface area contributed by atoms with E-state index in [2.05, 4.69) is 37.2 Å². The van der Waals surface area contributed by atoms with Gasteiger partial charge in [-0.3, -0.25) is 19.3 Å². The molecule has 7 nitrogen and oxygen atoms in total. The van der Waals surface area contributed by atoms with Crippen molar-refractivity contribution in [3.05, 3.63) is 90.2 Å². The Labute approximate surface area is 245 Å². The second-order valence-corrected chi connectivity index (χ2v) is 11.4. The number of anilines is 1. The van der Waals surface area contributed by atoms with Gasteiger partial charge in [-0.2, -0.15) is 0 Å². The molecule has 0 radical (unpaired) electrons. The lowest BCUT2D eigenvalue weighted by atomic mass is 10.1. The molecule has 196 valence electrons. The van der Waals surface area contributed by atoms with E-state index < -0.39 is 23.6 Å². The lowest BCUT2D eigenvalue weighted by Crippen LogP contribution is -2.36. The number of benzene rings is 3. The first-order valence-corrected chi connectivity index (χ1v) is 14.0. The first-order chi connectivity index (χ1) is 18.1. The van der Waals surface area contributed by atoms with E-state index in [1.807, 2.05) is 31.2 Å². The van der Waals surface area contributed by atoms with Gasteiger partial charge in [0, 0.05) is 15.2 Å². The number of imide groups is 1. The molecule has 1 heterocycles. The van der Waals surface area contributed by atoms with Gasteiger partial charge in [-0.25, -0.2) is 0 Å². The standard InChI is InChI=1S/C27H21Br2ClN2O5S/c1-15-3-8-19(30)12-21(15)31-24(33)13-32-26(34)23(38-27(32)35)11-17-9-20(29)25(22(10-17)36-2)37-14-16-4-6-18(28)7-5-16/h3-12H,13-14H2,1-2H3,(H,31,33)/b23-11+. The minimum absolute atomic E-state index is 0.194. The monoisotopic (exact) mass is 678 g/mol. The van der Waals surface area contributed by atoms with Crippen LogP contribution < -0.4 is 14.8 Å². The Balaban J connectivity index is 1.47. The van der Waals surface area contributed by atoms with Crippen molar-refractivity contribution in [3.8, 4) is 11.5 Å². The van der Waals surface area contributed by atoms with E-state index in [1.54, 1.807) is 36.4 Å². The molecule has 1 aliphatic rings. The van der Waals surface area contributed by atoms with Gasteiger partial charge >= 0.3 is 0 Å². The molecular formula is C27H21Br2ClN2O5S. The molecule has 1 fully saturated rings. The highest BCUT2D eigenvalue weighted by molar-refractivity contribution is 9.10. The lowest BCUT2D eigenvalue weighted by molar-refractivity contribution is -0.127. The first kappa shape index (κ1) is 28.2. The molecule has 0 atom stereocenters. The molecule has 0 saturated carbocycles. The number of aryl methyl sites for hydroxylation is 1. The molecule has 1 aliphatic heterocycles. The van der Waals surface area contributed by atoms with Crippen molar-refractivity contribution >= 4 is 84.0 Å². The van der Waals surface area contributed by atoms with Crippen LogP contribution in [0.1, 0.15) is 16.7 Å². The zero-order chi connectivity index (χ0) is 27.4. The third kappa shape index (κ3) is 6.79. The Hall–Kier alpha value is -2.79. The average Bonchev–Trinajstić information content (AvgIpc) is 3.13. The van der Waals surface area contributed by atoms with Crippen molar-refractivity contribution in [2.45, 2.75) is 13.5 Å². The minimum Gasteiger partial charge on any atom is -0.493 e. The SMILES string of the molecule is COc1cc(/C=C2/SC(=O)N(CC(=O)Nc3cc(Cl)ccc3C)C2=O)cc(Br)c1OCc1ccc(Br)cc1. The van der Waals surface area contributed by atoms with Crippen molar-refractivity contribution in [2.24, 2.45) is 0 Å². The van der Waals surface area contributed by atoms with E-state index in [4.69, 9.17) is 21.1 Å². The van der Waals surface area contributed by atoms with Crippen LogP contribution in [0.15, 0.2) is 68.4 Å². The number of methoxy groups -OCH3 is 1. The molecule has 0 bridgehead atoms. The van der Waals surface area contributed by atoms with Gasteiger partial charge < -0.3 is 14.8 Å². The van der Waals surface area contributed by atoms with Crippen LogP contribution in [0.25, 0.3) is 6.08 Å². The third-order valence-electron chi connectivity index (χ3n) is 5.49. The number of amides is 3. The number of rotatable bonds is 8. The maximum absolute atomic E-state index is 13.0. The van der Waals surface area contributed by atoms with E-state index in [1.165, 1.54) is 7.11 Å². The number of halogens is 3. The van der Waals surface area contributed by atoms with Crippen LogP contribution in [0.4, 0.5) is 10.5 Å². The number of carbonyl (C=O) groups is 3. The predicted molar refractivity (Wildman–Crippen MR) is 157 cm³/mol. The minimum atomic E-state index is -0.552. The second-order valence-electron chi connectivity index (χ2n) is 8.22. The van der Waals surface area contributed by atoms with Gasteiger partial charge in [0.25, 0.3) is 11.1 Å². The van der Waals surface area contributed by atoms with Crippen molar-refractivity contribution in [2.75, 3.05) is 19.0 Å². The third-order valence-corrected chi connectivity index (χ3v) is 7.76. The van der Waals surface area contributed by atoms with Crippen molar-refractivity contribution in [1.29, 1.82) is 0 Å². The highest BCUT2D eigenvalue weighted by atomic mass is 79.9. The summed E-state index contributed by atoms with van der Waals surface area (Å²) < 4.78 is 13.1. The fourth-order valence-electron chi connectivity index (χ4n) is 3.55. The number of hydrogen-bond donors (Lipinski definition) is 1. The van der Waals surface area contributed by atoms with Gasteiger partial charge in [0.15, 0.2) is 11.5 Å². The molecule has 11 heteroatoms. The van der Waals surface area contributed by atoms with Gasteiger partial charge in [-0.1, -0.05) is 45.7 Å². The van der Waals surface area contributed by atoms with E-state index in [-0.39, 0.29) is 4.91 Å². The Bertz CT molecular complexity index is 1450. The van der Waals surface area contributed by atoms with Crippen LogP contribution in [-0.4, -0.2) is 35.6 Å². The van der Waals surface area contributed by atoms with E-state index >= 15 is 0 Å². The van der Waals surface area contributed by atoms with Crippen LogP contribution in [0.5, 0.6) is 11.5 Å². The van der Waals surface area contributed by atoms with E-state index in [9.17, 15) is 14.4 Å². The highest BCUT2D eigenvalue weighted by Gasteiger charge is 2.36. The summed E-state index contributed by atoms with van der Waals surface area (Å²) in [5, 5.41) is 2.64. The number of hydrogen-bond acceptors (Lipinski definition) is 6. The second kappa shape index (κ2) is 12.4. The molecule has 3 aromatic rings. The summed E-state index contributed by atoms with van der Waals surface area (Å²) in [5.41, 5.74) is 2.92. The number of carbonyl (C=O) groups excluding carboxylic acids is 3. The van der Waals surface area contributed by atoms with E-state index in [0.29, 0.717) is 38.9 Å². The van der Waals surface area contributed by atoms with E-state index in [0.717, 1.165) is 32.3 Å². The zero-order valence-electron chi connectivity index (χ0n) is 20.2. The van der Waals surface area contributed by atoms with Gasteiger partial charge in [-0.05, 0) is 93.8 Å². The molecule has 0 unspecified atom stereocenters. The molecule has 4 rings (SSSR count). The lowest BCUT2D eigenvalue weighted by Gasteiger charge is -2.14. The summed E-state index contributed by atoms with van der Waals surface area (Å²) in [6, 6.07) is 16.3. The van der Waals surface area contributed by atoms with Crippen molar-refractivity contribution in [1.82, 2.24) is 4.90 Å². The number of thioether (sulfide) groups is 1. The van der Waals surface area contributed by atoms with Crippen molar-refractivity contribution < 1.29 is 23.9 Å². The summed E-state index contributed by atoms with van der Waals surface area (Å²) >= 11 is 13.7. The van der Waals surface area contributed by atoms with Gasteiger partial charge in [0.1, 0.15) is 13.2 Å². The van der Waals surface area contributed by atoms with Crippen molar-refractivity contribution in [3.63, 3.8) is 0 Å². The van der Waals surface area contributed by atoms with Gasteiger partial charge in [0.05, 0.1) is 16.5 Å². The number of ether oxygens (including phenoxy) is 2. The summed E-state index contributed by atoms with van der Waals surface area (Å²) in [7, 11) is 1.52. The normalized spacial score (nSPS) is 14.2. The highest BCUT2D eigenvalue weighted by Crippen LogP contribution is 2.39. The average molecular weight is 681 g/mol. The fraction of sp³-hybridized carbons (Fsp3) is 0.148. The summed E-state index contributed by atoms with van der Waals surface area (Å²) in [6.45, 7) is 1.74. The maximum Gasteiger partial charge on any atom is 0.294 e. The van der Waals surface area contributed by atoms with Crippen LogP contribution in [0.2, 0.25) is 5.02 Å². The quantitative estimate of drug-likeness (QED) is 0.249. The number of nitrogens with one attached hydrogen (secondary N) is 1. The maximum atomic E-state index is 13.0.